The number of hydrogen-bond donors (Lipinski definition) is 2. The second-order valence-corrected chi connectivity index (χ2v) is 7.63. The summed E-state index contributed by atoms with van der Waals surface area (Å²) < 4.78 is 7.02. The number of nitrogens with one attached hydrogen (secondary N) is 2. The predicted molar refractivity (Wildman–Crippen MR) is 112 cm³/mol. The third kappa shape index (κ3) is 5.33. The SMILES string of the molecule is CC(C)Cn1cc(NC(=O)NCCCN2CCOCC2)c2ccccc2c1=O. The molecule has 2 aromatic rings. The minimum absolute atomic E-state index is 0.0271. The number of pyridine rings is 1. The van der Waals surface area contributed by atoms with Gasteiger partial charge in [-0.2, -0.15) is 0 Å². The molecule has 1 fully saturated rings. The Morgan fingerprint density at radius 2 is 1.89 bits per heavy atom. The Kier molecular flexibility index (Phi) is 7.06. The molecule has 28 heavy (non-hydrogen) atoms. The van der Waals surface area contributed by atoms with E-state index in [1.807, 2.05) is 18.2 Å². The molecular weight excluding hydrogens is 356 g/mol. The summed E-state index contributed by atoms with van der Waals surface area (Å²) in [6.07, 6.45) is 2.64. The topological polar surface area (TPSA) is 75.6 Å². The van der Waals surface area contributed by atoms with E-state index >= 15 is 0 Å². The highest BCUT2D eigenvalue weighted by Crippen LogP contribution is 2.20. The molecule has 2 amide bonds. The number of carbonyl (C=O) groups is 1. The number of hydrogen-bond acceptors (Lipinski definition) is 4. The standard InChI is InChI=1S/C21H30N4O3/c1-16(2)14-25-15-19(17-6-3-4-7-18(17)20(25)26)23-21(27)22-8-5-9-24-10-12-28-13-11-24/h3-4,6-7,15-16H,5,8-14H2,1-2H3,(H2,22,23,27). The summed E-state index contributed by atoms with van der Waals surface area (Å²) in [7, 11) is 0. The van der Waals surface area contributed by atoms with E-state index < -0.39 is 0 Å². The first-order chi connectivity index (χ1) is 13.5. The Morgan fingerprint density at radius 1 is 1.18 bits per heavy atom. The van der Waals surface area contributed by atoms with Gasteiger partial charge >= 0.3 is 6.03 Å². The van der Waals surface area contributed by atoms with Gasteiger partial charge in [0.2, 0.25) is 0 Å². The molecule has 1 aliphatic heterocycles. The maximum Gasteiger partial charge on any atom is 0.319 e. The number of amides is 2. The van der Waals surface area contributed by atoms with Gasteiger partial charge in [0.05, 0.1) is 18.9 Å². The van der Waals surface area contributed by atoms with Crippen LogP contribution in [-0.4, -0.2) is 54.9 Å². The van der Waals surface area contributed by atoms with E-state index in [1.165, 1.54) is 0 Å². The second kappa shape index (κ2) is 9.71. The number of benzene rings is 1. The van der Waals surface area contributed by atoms with Gasteiger partial charge in [-0.3, -0.25) is 9.69 Å². The van der Waals surface area contributed by atoms with Crippen LogP contribution in [0.25, 0.3) is 10.8 Å². The molecule has 0 bridgehead atoms. The number of fused-ring (bicyclic) bond motifs is 1. The fourth-order valence-electron chi connectivity index (χ4n) is 3.47. The fourth-order valence-corrected chi connectivity index (χ4v) is 3.47. The molecule has 0 spiro atoms. The lowest BCUT2D eigenvalue weighted by atomic mass is 10.1. The summed E-state index contributed by atoms with van der Waals surface area (Å²) in [6.45, 7) is 9.77. The molecule has 3 rings (SSSR count). The fraction of sp³-hybridized carbons (Fsp3) is 0.524. The van der Waals surface area contributed by atoms with Crippen molar-refractivity contribution in [2.45, 2.75) is 26.8 Å². The van der Waals surface area contributed by atoms with Crippen LogP contribution in [0, 0.1) is 5.92 Å². The molecule has 0 saturated carbocycles. The summed E-state index contributed by atoms with van der Waals surface area (Å²) in [5, 5.41) is 7.21. The predicted octanol–water partition coefficient (Wildman–Crippen LogP) is 2.50. The van der Waals surface area contributed by atoms with E-state index in [0.717, 1.165) is 44.7 Å². The molecule has 2 N–H and O–H groups in total. The first-order valence-electron chi connectivity index (χ1n) is 10.0. The minimum Gasteiger partial charge on any atom is -0.379 e. The molecule has 0 unspecified atom stereocenters. The quantitative estimate of drug-likeness (QED) is 0.717. The molecule has 1 aromatic carbocycles. The van der Waals surface area contributed by atoms with Crippen LogP contribution in [0.1, 0.15) is 20.3 Å². The average molecular weight is 386 g/mol. The molecule has 152 valence electrons. The van der Waals surface area contributed by atoms with E-state index in [-0.39, 0.29) is 11.6 Å². The average Bonchev–Trinajstić information content (AvgIpc) is 2.69. The van der Waals surface area contributed by atoms with E-state index in [4.69, 9.17) is 4.74 Å². The number of carbonyl (C=O) groups excluding carboxylic acids is 1. The summed E-state index contributed by atoms with van der Waals surface area (Å²) in [5.41, 5.74) is 0.627. The Morgan fingerprint density at radius 3 is 2.61 bits per heavy atom. The molecule has 1 aromatic heterocycles. The van der Waals surface area contributed by atoms with Gasteiger partial charge in [-0.05, 0) is 24.9 Å². The van der Waals surface area contributed by atoms with Crippen LogP contribution in [0.15, 0.2) is 35.3 Å². The van der Waals surface area contributed by atoms with Gasteiger partial charge in [-0.25, -0.2) is 4.79 Å². The molecule has 0 atom stereocenters. The molecule has 2 heterocycles. The molecule has 1 aliphatic rings. The normalized spacial score (nSPS) is 15.1. The maximum absolute atomic E-state index is 12.7. The van der Waals surface area contributed by atoms with Crippen molar-refractivity contribution in [3.05, 3.63) is 40.8 Å². The van der Waals surface area contributed by atoms with Crippen molar-refractivity contribution in [1.29, 1.82) is 0 Å². The third-order valence-corrected chi connectivity index (χ3v) is 4.84. The van der Waals surface area contributed by atoms with Crippen molar-refractivity contribution in [3.63, 3.8) is 0 Å². The highest BCUT2D eigenvalue weighted by molar-refractivity contribution is 6.00. The van der Waals surface area contributed by atoms with E-state index in [0.29, 0.717) is 30.1 Å². The Balaban J connectivity index is 1.63. The highest BCUT2D eigenvalue weighted by Gasteiger charge is 2.12. The van der Waals surface area contributed by atoms with Crippen molar-refractivity contribution in [2.24, 2.45) is 5.92 Å². The van der Waals surface area contributed by atoms with Crippen LogP contribution in [0.3, 0.4) is 0 Å². The summed E-state index contributed by atoms with van der Waals surface area (Å²) >= 11 is 0. The van der Waals surface area contributed by atoms with Gasteiger partial charge in [0.1, 0.15) is 0 Å². The molecule has 0 radical (unpaired) electrons. The molecule has 0 aliphatic carbocycles. The number of aromatic nitrogens is 1. The zero-order valence-corrected chi connectivity index (χ0v) is 16.7. The van der Waals surface area contributed by atoms with Crippen molar-refractivity contribution < 1.29 is 9.53 Å². The van der Waals surface area contributed by atoms with Crippen LogP contribution in [0.5, 0.6) is 0 Å². The molecular formula is C21H30N4O3. The van der Waals surface area contributed by atoms with Gasteiger partial charge in [0.15, 0.2) is 0 Å². The van der Waals surface area contributed by atoms with E-state index in [2.05, 4.69) is 29.4 Å². The first-order valence-corrected chi connectivity index (χ1v) is 10.0. The van der Waals surface area contributed by atoms with Crippen LogP contribution in [0.4, 0.5) is 10.5 Å². The maximum atomic E-state index is 12.7. The van der Waals surface area contributed by atoms with Gasteiger partial charge in [0.25, 0.3) is 5.56 Å². The Hall–Kier alpha value is -2.38. The summed E-state index contributed by atoms with van der Waals surface area (Å²) in [4.78, 5) is 27.4. The van der Waals surface area contributed by atoms with Crippen molar-refractivity contribution in [1.82, 2.24) is 14.8 Å². The Bertz CT molecular complexity index is 856. The first kappa shape index (κ1) is 20.4. The number of nitrogens with zero attached hydrogens (tertiary/aromatic N) is 2. The lowest BCUT2D eigenvalue weighted by Gasteiger charge is -2.26. The van der Waals surface area contributed by atoms with Crippen LogP contribution < -0.4 is 16.2 Å². The monoisotopic (exact) mass is 386 g/mol. The highest BCUT2D eigenvalue weighted by atomic mass is 16.5. The number of ether oxygens (including phenoxy) is 1. The molecule has 1 saturated heterocycles. The largest absolute Gasteiger partial charge is 0.379 e. The number of morpholine rings is 1. The van der Waals surface area contributed by atoms with E-state index in [9.17, 15) is 9.59 Å². The molecule has 7 heteroatoms. The number of anilines is 1. The lowest BCUT2D eigenvalue weighted by Crippen LogP contribution is -2.38. The van der Waals surface area contributed by atoms with Gasteiger partial charge in [-0.1, -0.05) is 32.0 Å². The van der Waals surface area contributed by atoms with E-state index in [1.54, 1.807) is 16.8 Å². The third-order valence-electron chi connectivity index (χ3n) is 4.84. The van der Waals surface area contributed by atoms with Gasteiger partial charge < -0.3 is 19.9 Å². The minimum atomic E-state index is -0.248. The smallest absolute Gasteiger partial charge is 0.319 e. The Labute approximate surface area is 165 Å². The molecule has 7 nitrogen and oxygen atoms in total. The summed E-state index contributed by atoms with van der Waals surface area (Å²) in [6, 6.07) is 7.14. The number of rotatable bonds is 7. The van der Waals surface area contributed by atoms with Gasteiger partial charge in [-0.15, -0.1) is 0 Å². The van der Waals surface area contributed by atoms with Gasteiger partial charge in [0, 0.05) is 43.1 Å². The van der Waals surface area contributed by atoms with Crippen LogP contribution >= 0.6 is 0 Å². The van der Waals surface area contributed by atoms with Crippen molar-refractivity contribution >= 4 is 22.5 Å². The zero-order valence-electron chi connectivity index (χ0n) is 16.7. The number of urea groups is 1. The van der Waals surface area contributed by atoms with Crippen molar-refractivity contribution in [2.75, 3.05) is 44.7 Å². The summed E-state index contributed by atoms with van der Waals surface area (Å²) in [5.74, 6) is 0.334. The van der Waals surface area contributed by atoms with Crippen LogP contribution in [-0.2, 0) is 11.3 Å². The van der Waals surface area contributed by atoms with Crippen LogP contribution in [0.2, 0.25) is 0 Å². The van der Waals surface area contributed by atoms with Crippen molar-refractivity contribution in [3.8, 4) is 0 Å². The lowest BCUT2D eigenvalue weighted by molar-refractivity contribution is 0.0375. The zero-order chi connectivity index (χ0) is 19.9. The second-order valence-electron chi connectivity index (χ2n) is 7.63.